The van der Waals surface area contributed by atoms with Gasteiger partial charge in [-0.05, 0) is 72.1 Å². The van der Waals surface area contributed by atoms with Crippen molar-refractivity contribution in [1.82, 2.24) is 9.55 Å². The van der Waals surface area contributed by atoms with Gasteiger partial charge in [0.15, 0.2) is 0 Å². The number of ether oxygens (including phenoxy) is 3. The Morgan fingerprint density at radius 3 is 2.16 bits per heavy atom. The predicted octanol–water partition coefficient (Wildman–Crippen LogP) is 8.89. The van der Waals surface area contributed by atoms with Crippen molar-refractivity contribution in [3.05, 3.63) is 118 Å². The van der Waals surface area contributed by atoms with Crippen LogP contribution in [0.1, 0.15) is 28.7 Å². The van der Waals surface area contributed by atoms with Crippen molar-refractivity contribution in [3.8, 4) is 33.9 Å². The molecule has 0 saturated heterocycles. The topological polar surface area (TPSA) is 91.7 Å². The first-order valence-electron chi connectivity index (χ1n) is 13.7. The lowest BCUT2D eigenvalue weighted by molar-refractivity contribution is 0.0601. The summed E-state index contributed by atoms with van der Waals surface area (Å²) in [7, 11) is 2.50. The van der Waals surface area contributed by atoms with Crippen molar-refractivity contribution in [1.29, 1.82) is 0 Å². The number of carbonyl (C=O) groups excluding carboxylic acids is 2. The Hall–Kier alpha value is -4.79. The first kappa shape index (κ1) is 30.7. The molecule has 0 atom stereocenters. The van der Waals surface area contributed by atoms with Gasteiger partial charge in [0.2, 0.25) is 0 Å². The molecule has 0 saturated carbocycles. The molecule has 0 fully saturated rings. The number of amides is 1. The van der Waals surface area contributed by atoms with Gasteiger partial charge in [0.05, 0.1) is 36.2 Å². The van der Waals surface area contributed by atoms with Gasteiger partial charge >= 0.3 is 12.1 Å². The fourth-order valence-corrected chi connectivity index (χ4v) is 5.19. The molecule has 1 aromatic heterocycles. The monoisotopic (exact) mass is 629 g/mol. The van der Waals surface area contributed by atoms with E-state index in [4.69, 9.17) is 37.7 Å². The molecule has 5 aromatic rings. The highest BCUT2D eigenvalue weighted by molar-refractivity contribution is 6.36. The SMILES string of the molecule is CCn1cc(-c2ccc(Cl)cc2Cl)nc1Cc1ccc(-c2ccc(Oc3ccc(NC(=O)OC)c(C(=O)OC)c3)cc2)cc1. The first-order chi connectivity index (χ1) is 21.3. The van der Waals surface area contributed by atoms with Crippen LogP contribution in [0.15, 0.2) is 91.1 Å². The Labute approximate surface area is 265 Å². The van der Waals surface area contributed by atoms with Gasteiger partial charge in [-0.1, -0.05) is 59.6 Å². The van der Waals surface area contributed by atoms with Crippen LogP contribution in [0.2, 0.25) is 10.0 Å². The van der Waals surface area contributed by atoms with E-state index in [0.29, 0.717) is 28.0 Å². The molecule has 1 amide bonds. The third-order valence-electron chi connectivity index (χ3n) is 6.96. The number of rotatable bonds is 9. The maximum atomic E-state index is 12.3. The smallest absolute Gasteiger partial charge is 0.411 e. The minimum Gasteiger partial charge on any atom is -0.465 e. The second kappa shape index (κ2) is 13.7. The van der Waals surface area contributed by atoms with Crippen LogP contribution in [0, 0.1) is 0 Å². The number of hydrogen-bond donors (Lipinski definition) is 1. The number of halogens is 2. The highest BCUT2D eigenvalue weighted by atomic mass is 35.5. The van der Waals surface area contributed by atoms with E-state index in [-0.39, 0.29) is 11.3 Å². The number of anilines is 1. The molecule has 44 heavy (non-hydrogen) atoms. The molecule has 5 rings (SSSR count). The normalized spacial score (nSPS) is 10.8. The molecule has 0 bridgehead atoms. The number of carbonyl (C=O) groups is 2. The zero-order valence-corrected chi connectivity index (χ0v) is 25.8. The van der Waals surface area contributed by atoms with Gasteiger partial charge in [0.25, 0.3) is 0 Å². The summed E-state index contributed by atoms with van der Waals surface area (Å²) in [5.41, 5.74) is 5.26. The van der Waals surface area contributed by atoms with Gasteiger partial charge in [0, 0.05) is 29.7 Å². The fourth-order valence-electron chi connectivity index (χ4n) is 4.68. The van der Waals surface area contributed by atoms with E-state index in [1.165, 1.54) is 20.3 Å². The fraction of sp³-hybridized carbons (Fsp3) is 0.147. The van der Waals surface area contributed by atoms with Crippen LogP contribution in [0.5, 0.6) is 11.5 Å². The molecule has 10 heteroatoms. The second-order valence-corrected chi connectivity index (χ2v) is 10.6. The number of aryl methyl sites for hydroxylation is 1. The van der Waals surface area contributed by atoms with E-state index in [0.717, 1.165) is 40.3 Å². The quantitative estimate of drug-likeness (QED) is 0.164. The average Bonchev–Trinajstić information content (AvgIpc) is 3.44. The Morgan fingerprint density at radius 1 is 0.841 bits per heavy atom. The van der Waals surface area contributed by atoms with Crippen molar-refractivity contribution in [2.75, 3.05) is 19.5 Å². The second-order valence-electron chi connectivity index (χ2n) is 9.77. The molecular formula is C34H29Cl2N3O5. The molecule has 0 aliphatic carbocycles. The number of aromatic nitrogens is 2. The number of methoxy groups -OCH3 is 2. The summed E-state index contributed by atoms with van der Waals surface area (Å²) in [6.45, 7) is 2.88. The third-order valence-corrected chi connectivity index (χ3v) is 7.51. The first-order valence-corrected chi connectivity index (χ1v) is 14.5. The number of nitrogens with one attached hydrogen (secondary N) is 1. The van der Waals surface area contributed by atoms with Crippen molar-refractivity contribution < 1.29 is 23.8 Å². The standard InChI is InChI=1S/C34H29Cl2N3O5/c1-4-39-20-31(27-15-11-24(35)18-29(27)36)37-32(39)17-21-5-7-22(8-6-21)23-9-12-25(13-10-23)44-26-14-16-30(38-34(41)43-3)28(19-26)33(40)42-2/h5-16,18-20H,4,17H2,1-3H3,(H,38,41). The van der Waals surface area contributed by atoms with Gasteiger partial charge in [-0.15, -0.1) is 0 Å². The van der Waals surface area contributed by atoms with Crippen LogP contribution in [-0.2, 0) is 22.4 Å². The molecule has 0 unspecified atom stereocenters. The van der Waals surface area contributed by atoms with Gasteiger partial charge in [-0.2, -0.15) is 0 Å². The predicted molar refractivity (Wildman–Crippen MR) is 172 cm³/mol. The summed E-state index contributed by atoms with van der Waals surface area (Å²) in [6.07, 6.45) is 1.99. The van der Waals surface area contributed by atoms with E-state index >= 15 is 0 Å². The molecule has 1 N–H and O–H groups in total. The lowest BCUT2D eigenvalue weighted by atomic mass is 10.0. The Morgan fingerprint density at radius 2 is 1.52 bits per heavy atom. The highest BCUT2D eigenvalue weighted by Gasteiger charge is 2.16. The van der Waals surface area contributed by atoms with E-state index in [9.17, 15) is 9.59 Å². The summed E-state index contributed by atoms with van der Waals surface area (Å²) in [5.74, 6) is 1.32. The van der Waals surface area contributed by atoms with E-state index < -0.39 is 12.1 Å². The zero-order chi connectivity index (χ0) is 31.2. The van der Waals surface area contributed by atoms with E-state index in [1.807, 2.05) is 42.6 Å². The van der Waals surface area contributed by atoms with E-state index in [1.54, 1.807) is 18.2 Å². The summed E-state index contributed by atoms with van der Waals surface area (Å²) in [4.78, 5) is 28.8. The van der Waals surface area contributed by atoms with Crippen LogP contribution in [-0.4, -0.2) is 35.8 Å². The minimum atomic E-state index is -0.701. The minimum absolute atomic E-state index is 0.138. The van der Waals surface area contributed by atoms with Gasteiger partial charge < -0.3 is 18.8 Å². The molecule has 0 aliphatic rings. The molecule has 8 nitrogen and oxygen atoms in total. The van der Waals surface area contributed by atoms with Crippen molar-refractivity contribution in [3.63, 3.8) is 0 Å². The molecule has 4 aromatic carbocycles. The third kappa shape index (κ3) is 7.05. The summed E-state index contributed by atoms with van der Waals surface area (Å²) < 4.78 is 17.6. The number of hydrogen-bond acceptors (Lipinski definition) is 6. The van der Waals surface area contributed by atoms with Crippen molar-refractivity contribution in [2.45, 2.75) is 19.9 Å². The Bertz CT molecular complexity index is 1800. The zero-order valence-electron chi connectivity index (χ0n) is 24.3. The van der Waals surface area contributed by atoms with Crippen LogP contribution in [0.3, 0.4) is 0 Å². The summed E-state index contributed by atoms with van der Waals surface area (Å²) >= 11 is 12.5. The molecule has 224 valence electrons. The van der Waals surface area contributed by atoms with Gasteiger partial charge in [-0.25, -0.2) is 14.6 Å². The van der Waals surface area contributed by atoms with Gasteiger partial charge in [-0.3, -0.25) is 5.32 Å². The van der Waals surface area contributed by atoms with Crippen molar-refractivity contribution in [2.24, 2.45) is 0 Å². The van der Waals surface area contributed by atoms with Crippen LogP contribution < -0.4 is 10.1 Å². The lowest BCUT2D eigenvalue weighted by Crippen LogP contribution is -2.15. The molecule has 1 heterocycles. The molecule has 0 aliphatic heterocycles. The van der Waals surface area contributed by atoms with Gasteiger partial charge in [0.1, 0.15) is 17.3 Å². The van der Waals surface area contributed by atoms with Crippen LogP contribution in [0.4, 0.5) is 10.5 Å². The van der Waals surface area contributed by atoms with E-state index in [2.05, 4.69) is 45.8 Å². The number of esters is 1. The largest absolute Gasteiger partial charge is 0.465 e. The molecule has 0 radical (unpaired) electrons. The summed E-state index contributed by atoms with van der Waals surface area (Å²) in [5, 5.41) is 3.66. The van der Waals surface area contributed by atoms with Crippen LogP contribution in [0.25, 0.3) is 22.4 Å². The van der Waals surface area contributed by atoms with Crippen molar-refractivity contribution >= 4 is 41.0 Å². The number of imidazole rings is 1. The Kier molecular flexibility index (Phi) is 9.53. The van der Waals surface area contributed by atoms with Crippen LogP contribution >= 0.6 is 23.2 Å². The molecular weight excluding hydrogens is 601 g/mol. The average molecular weight is 631 g/mol. The number of nitrogens with zero attached hydrogens (tertiary/aromatic N) is 2. The lowest BCUT2D eigenvalue weighted by Gasteiger charge is -2.12. The number of benzene rings is 4. The maximum absolute atomic E-state index is 12.3. The highest BCUT2D eigenvalue weighted by Crippen LogP contribution is 2.32. The summed E-state index contributed by atoms with van der Waals surface area (Å²) in [6, 6.07) is 26.1. The Balaban J connectivity index is 1.28. The maximum Gasteiger partial charge on any atom is 0.411 e. The molecule has 0 spiro atoms.